The van der Waals surface area contributed by atoms with Gasteiger partial charge < -0.3 is 10.1 Å². The Hall–Kier alpha value is -1.80. The average Bonchev–Trinajstić information content (AvgIpc) is 2.70. The van der Waals surface area contributed by atoms with Crippen molar-refractivity contribution in [1.29, 1.82) is 0 Å². The number of carbonyl (C=O) groups excluding carboxylic acids is 1. The van der Waals surface area contributed by atoms with E-state index in [9.17, 15) is 13.2 Å². The molecule has 1 heterocycles. The lowest BCUT2D eigenvalue weighted by Crippen LogP contribution is -2.43. The minimum Gasteiger partial charge on any atom is -0.496 e. The molecule has 1 N–H and O–H groups in total. The summed E-state index contributed by atoms with van der Waals surface area (Å²) < 4.78 is 32.7. The molecule has 0 bridgehead atoms. The van der Waals surface area contributed by atoms with Crippen molar-refractivity contribution in [3.05, 3.63) is 52.0 Å². The van der Waals surface area contributed by atoms with Gasteiger partial charge in [-0.25, -0.2) is 8.42 Å². The second kappa shape index (κ2) is 8.92. The van der Waals surface area contributed by atoms with Crippen LogP contribution < -0.4 is 10.1 Å². The molecule has 2 aromatic carbocycles. The highest BCUT2D eigenvalue weighted by atomic mass is 35.5. The van der Waals surface area contributed by atoms with Gasteiger partial charge in [0.1, 0.15) is 5.75 Å². The zero-order valence-corrected chi connectivity index (χ0v) is 18.4. The average molecular weight is 457 g/mol. The lowest BCUT2D eigenvalue weighted by atomic mass is 9.99. The molecule has 0 unspecified atom stereocenters. The molecular formula is C20H22Cl2N2O4S. The largest absolute Gasteiger partial charge is 0.496 e. The number of nitrogens with zero attached hydrogens (tertiary/aromatic N) is 1. The SMILES string of the molecule is COc1ccc(S(=O)(=O)N2CCC[C@@H](C(=O)Nc3cc(Cl)ccc3Cl)C2)cc1C. The number of amides is 1. The van der Waals surface area contributed by atoms with Gasteiger partial charge in [0, 0.05) is 18.1 Å². The minimum absolute atomic E-state index is 0.109. The molecule has 156 valence electrons. The summed E-state index contributed by atoms with van der Waals surface area (Å²) in [6.07, 6.45) is 1.19. The Labute approximate surface area is 180 Å². The maximum absolute atomic E-state index is 13.1. The first kappa shape index (κ1) is 21.9. The lowest BCUT2D eigenvalue weighted by Gasteiger charge is -2.31. The molecule has 0 radical (unpaired) electrons. The van der Waals surface area contributed by atoms with E-state index in [-0.39, 0.29) is 17.3 Å². The predicted octanol–water partition coefficient (Wildman–Crippen LogP) is 4.35. The highest BCUT2D eigenvalue weighted by molar-refractivity contribution is 7.89. The van der Waals surface area contributed by atoms with Crippen molar-refractivity contribution in [2.45, 2.75) is 24.7 Å². The molecule has 3 rings (SSSR count). The number of sulfonamides is 1. The van der Waals surface area contributed by atoms with Gasteiger partial charge in [0.05, 0.1) is 28.6 Å². The van der Waals surface area contributed by atoms with Crippen LogP contribution in [0.3, 0.4) is 0 Å². The third kappa shape index (κ3) is 4.86. The molecular weight excluding hydrogens is 435 g/mol. The molecule has 1 fully saturated rings. The zero-order valence-electron chi connectivity index (χ0n) is 16.1. The standard InChI is InChI=1S/C20H22Cl2N2O4S/c1-13-10-16(6-8-19(13)28-2)29(26,27)24-9-3-4-14(12-24)20(25)23-18-11-15(21)5-7-17(18)22/h5-8,10-11,14H,3-4,9,12H2,1-2H3,(H,23,25)/t14-/m1/s1. The summed E-state index contributed by atoms with van der Waals surface area (Å²) >= 11 is 12.1. The van der Waals surface area contributed by atoms with Crippen LogP contribution in [0.1, 0.15) is 18.4 Å². The summed E-state index contributed by atoms with van der Waals surface area (Å²) in [4.78, 5) is 12.9. The van der Waals surface area contributed by atoms with Gasteiger partial charge in [-0.1, -0.05) is 23.2 Å². The van der Waals surface area contributed by atoms with E-state index in [2.05, 4.69) is 5.32 Å². The van der Waals surface area contributed by atoms with Crippen LogP contribution in [0.4, 0.5) is 5.69 Å². The molecule has 0 aliphatic carbocycles. The Kier molecular flexibility index (Phi) is 6.73. The van der Waals surface area contributed by atoms with Crippen molar-refractivity contribution in [1.82, 2.24) is 4.31 Å². The molecule has 29 heavy (non-hydrogen) atoms. The topological polar surface area (TPSA) is 75.7 Å². The van der Waals surface area contributed by atoms with Crippen molar-refractivity contribution >= 4 is 44.8 Å². The predicted molar refractivity (Wildman–Crippen MR) is 114 cm³/mol. The van der Waals surface area contributed by atoms with Crippen LogP contribution in [0.15, 0.2) is 41.3 Å². The molecule has 2 aromatic rings. The summed E-state index contributed by atoms with van der Waals surface area (Å²) in [5, 5.41) is 3.59. The fourth-order valence-corrected chi connectivity index (χ4v) is 5.31. The Morgan fingerprint density at radius 1 is 1.21 bits per heavy atom. The van der Waals surface area contributed by atoms with Crippen LogP contribution >= 0.6 is 23.2 Å². The van der Waals surface area contributed by atoms with E-state index in [0.29, 0.717) is 40.9 Å². The van der Waals surface area contributed by atoms with E-state index in [1.165, 1.54) is 17.5 Å². The maximum atomic E-state index is 13.1. The summed E-state index contributed by atoms with van der Waals surface area (Å²) in [6, 6.07) is 9.55. The number of rotatable bonds is 5. The third-order valence-electron chi connectivity index (χ3n) is 4.95. The summed E-state index contributed by atoms with van der Waals surface area (Å²) in [7, 11) is -2.17. The first-order valence-electron chi connectivity index (χ1n) is 9.13. The van der Waals surface area contributed by atoms with Crippen molar-refractivity contribution in [3.63, 3.8) is 0 Å². The van der Waals surface area contributed by atoms with Gasteiger partial charge in [-0.3, -0.25) is 4.79 Å². The van der Waals surface area contributed by atoms with Crippen LogP contribution in [0.2, 0.25) is 10.0 Å². The van der Waals surface area contributed by atoms with Crippen LogP contribution in [0.25, 0.3) is 0 Å². The second-order valence-electron chi connectivity index (χ2n) is 6.95. The molecule has 1 atom stereocenters. The molecule has 1 saturated heterocycles. The van der Waals surface area contributed by atoms with Crippen molar-refractivity contribution in [2.24, 2.45) is 5.92 Å². The molecule has 9 heteroatoms. The number of hydrogen-bond donors (Lipinski definition) is 1. The van der Waals surface area contributed by atoms with Crippen LogP contribution in [0, 0.1) is 12.8 Å². The number of nitrogens with one attached hydrogen (secondary N) is 1. The number of piperidine rings is 1. The first-order chi connectivity index (χ1) is 13.7. The van der Waals surface area contributed by atoms with Gasteiger partial charge in [-0.05, 0) is 61.7 Å². The fourth-order valence-electron chi connectivity index (χ4n) is 3.36. The third-order valence-corrected chi connectivity index (χ3v) is 7.37. The van der Waals surface area contributed by atoms with Crippen molar-refractivity contribution < 1.29 is 17.9 Å². The summed E-state index contributed by atoms with van der Waals surface area (Å²) in [5.41, 5.74) is 1.14. The van der Waals surface area contributed by atoms with Crippen molar-refractivity contribution in [2.75, 3.05) is 25.5 Å². The molecule has 0 spiro atoms. The molecule has 0 saturated carbocycles. The summed E-state index contributed by atoms with van der Waals surface area (Å²) in [6.45, 7) is 2.27. The quantitative estimate of drug-likeness (QED) is 0.725. The van der Waals surface area contributed by atoms with Gasteiger partial charge in [0.15, 0.2) is 0 Å². The Bertz CT molecular complexity index is 1030. The number of ether oxygens (including phenoxy) is 1. The molecule has 0 aromatic heterocycles. The Morgan fingerprint density at radius 3 is 2.66 bits per heavy atom. The molecule has 1 aliphatic rings. The zero-order chi connectivity index (χ0) is 21.2. The minimum atomic E-state index is -3.71. The number of benzene rings is 2. The van der Waals surface area contributed by atoms with Crippen LogP contribution in [-0.2, 0) is 14.8 Å². The van der Waals surface area contributed by atoms with Crippen LogP contribution in [-0.4, -0.2) is 38.8 Å². The molecule has 1 amide bonds. The number of methoxy groups -OCH3 is 1. The van der Waals surface area contributed by atoms with Crippen LogP contribution in [0.5, 0.6) is 5.75 Å². The maximum Gasteiger partial charge on any atom is 0.243 e. The fraction of sp³-hybridized carbons (Fsp3) is 0.350. The number of hydrogen-bond acceptors (Lipinski definition) is 4. The number of halogens is 2. The van der Waals surface area contributed by atoms with Gasteiger partial charge in [0.2, 0.25) is 15.9 Å². The van der Waals surface area contributed by atoms with Crippen molar-refractivity contribution in [3.8, 4) is 5.75 Å². The Morgan fingerprint density at radius 2 is 1.97 bits per heavy atom. The number of aryl methyl sites for hydroxylation is 1. The van der Waals surface area contributed by atoms with Gasteiger partial charge >= 0.3 is 0 Å². The van der Waals surface area contributed by atoms with Gasteiger partial charge in [-0.2, -0.15) is 4.31 Å². The monoisotopic (exact) mass is 456 g/mol. The van der Waals surface area contributed by atoms with E-state index < -0.39 is 15.9 Å². The van der Waals surface area contributed by atoms with E-state index in [1.54, 1.807) is 37.3 Å². The smallest absolute Gasteiger partial charge is 0.243 e. The Balaban J connectivity index is 1.76. The number of carbonyl (C=O) groups is 1. The molecule has 1 aliphatic heterocycles. The lowest BCUT2D eigenvalue weighted by molar-refractivity contribution is -0.120. The van der Waals surface area contributed by atoms with Gasteiger partial charge in [0.25, 0.3) is 0 Å². The van der Waals surface area contributed by atoms with E-state index in [4.69, 9.17) is 27.9 Å². The highest BCUT2D eigenvalue weighted by Crippen LogP contribution is 2.29. The normalized spacial score (nSPS) is 17.7. The highest BCUT2D eigenvalue weighted by Gasteiger charge is 2.33. The second-order valence-corrected chi connectivity index (χ2v) is 9.73. The van der Waals surface area contributed by atoms with E-state index in [0.717, 1.165) is 5.56 Å². The number of anilines is 1. The van der Waals surface area contributed by atoms with E-state index in [1.807, 2.05) is 0 Å². The van der Waals surface area contributed by atoms with Gasteiger partial charge in [-0.15, -0.1) is 0 Å². The summed E-state index contributed by atoms with van der Waals surface area (Å²) in [5.74, 6) is -0.133. The first-order valence-corrected chi connectivity index (χ1v) is 11.3. The molecule has 6 nitrogen and oxygen atoms in total. The van der Waals surface area contributed by atoms with E-state index >= 15 is 0 Å².